The second-order valence-electron chi connectivity index (χ2n) is 8.13. The van der Waals surface area contributed by atoms with Gasteiger partial charge in [0.2, 0.25) is 10.9 Å². The van der Waals surface area contributed by atoms with Gasteiger partial charge in [-0.15, -0.1) is 10.2 Å². The summed E-state index contributed by atoms with van der Waals surface area (Å²) in [5.74, 6) is 0.405. The molecule has 0 bridgehead atoms. The highest BCUT2D eigenvalue weighted by Gasteiger charge is 2.45. The number of amides is 1. The van der Waals surface area contributed by atoms with Gasteiger partial charge in [-0.2, -0.15) is 0 Å². The van der Waals surface area contributed by atoms with Crippen molar-refractivity contribution in [2.45, 2.75) is 39.7 Å². The number of fused-ring (bicyclic) bond motifs is 2. The zero-order valence-corrected chi connectivity index (χ0v) is 19.4. The first-order chi connectivity index (χ1) is 16.0. The van der Waals surface area contributed by atoms with Gasteiger partial charge in [-0.05, 0) is 50.1 Å². The van der Waals surface area contributed by atoms with E-state index >= 15 is 0 Å². The predicted octanol–water partition coefficient (Wildman–Crippen LogP) is 5.19. The fraction of sp³-hybridized carbons (Fsp3) is 0.280. The molecule has 2 aromatic heterocycles. The van der Waals surface area contributed by atoms with Crippen LogP contribution >= 0.6 is 11.3 Å². The third kappa shape index (κ3) is 3.70. The zero-order chi connectivity index (χ0) is 23.1. The maximum Gasteiger partial charge on any atom is 0.297 e. The van der Waals surface area contributed by atoms with Gasteiger partial charge < -0.3 is 9.15 Å². The summed E-state index contributed by atoms with van der Waals surface area (Å²) in [5.41, 5.74) is 2.23. The summed E-state index contributed by atoms with van der Waals surface area (Å²) >= 11 is 1.30. The summed E-state index contributed by atoms with van der Waals surface area (Å²) in [6.07, 6.45) is 2.03. The van der Waals surface area contributed by atoms with E-state index in [0.29, 0.717) is 28.3 Å². The van der Waals surface area contributed by atoms with E-state index < -0.39 is 11.9 Å². The van der Waals surface area contributed by atoms with Crippen molar-refractivity contribution in [3.8, 4) is 5.75 Å². The molecule has 0 fully saturated rings. The summed E-state index contributed by atoms with van der Waals surface area (Å²) in [6, 6.07) is 12.2. The number of aryl methyl sites for hydroxylation is 2. The molecule has 0 saturated carbocycles. The highest BCUT2D eigenvalue weighted by Crippen LogP contribution is 2.42. The van der Waals surface area contributed by atoms with Crippen LogP contribution in [0.1, 0.15) is 58.1 Å². The van der Waals surface area contributed by atoms with Gasteiger partial charge in [-0.25, -0.2) is 0 Å². The lowest BCUT2D eigenvalue weighted by molar-refractivity contribution is 0.0970. The van der Waals surface area contributed by atoms with E-state index in [0.717, 1.165) is 34.7 Å². The first kappa shape index (κ1) is 21.3. The Morgan fingerprint density at radius 1 is 1.09 bits per heavy atom. The first-order valence-corrected chi connectivity index (χ1v) is 11.7. The summed E-state index contributed by atoms with van der Waals surface area (Å²) in [4.78, 5) is 28.6. The maximum absolute atomic E-state index is 13.6. The van der Waals surface area contributed by atoms with Crippen LogP contribution in [0.15, 0.2) is 51.7 Å². The second-order valence-corrected chi connectivity index (χ2v) is 9.29. The largest absolute Gasteiger partial charge is 0.494 e. The summed E-state index contributed by atoms with van der Waals surface area (Å²) in [6.45, 7) is 6.50. The Bertz CT molecular complexity index is 1410. The molecule has 4 aromatic rings. The minimum absolute atomic E-state index is 0.0532. The van der Waals surface area contributed by atoms with Crippen LogP contribution in [0.2, 0.25) is 0 Å². The van der Waals surface area contributed by atoms with E-state index in [2.05, 4.69) is 17.1 Å². The zero-order valence-electron chi connectivity index (χ0n) is 18.6. The van der Waals surface area contributed by atoms with Crippen LogP contribution in [-0.4, -0.2) is 22.7 Å². The van der Waals surface area contributed by atoms with Gasteiger partial charge in [-0.1, -0.05) is 48.4 Å². The van der Waals surface area contributed by atoms with Crippen LogP contribution in [0.3, 0.4) is 0 Å². The molecule has 2 aromatic carbocycles. The number of benzene rings is 2. The molecule has 1 aliphatic heterocycles. The minimum atomic E-state index is -0.661. The number of carbonyl (C=O) groups excluding carboxylic acids is 1. The van der Waals surface area contributed by atoms with Crippen molar-refractivity contribution in [2.75, 3.05) is 11.5 Å². The van der Waals surface area contributed by atoms with E-state index in [-0.39, 0.29) is 11.2 Å². The standard InChI is InChI=1S/C25H23N3O4S/c1-4-5-12-31-17-9-7-16(8-10-17)21-20-22(29)18-13-14(2)6-11-19(18)32-23(20)24(30)28(21)25-27-26-15(3)33-25/h6-11,13,21H,4-5,12H2,1-3H3. The van der Waals surface area contributed by atoms with E-state index in [9.17, 15) is 9.59 Å². The molecule has 5 rings (SSSR count). The lowest BCUT2D eigenvalue weighted by Gasteiger charge is -2.22. The molecule has 1 amide bonds. The normalized spacial score (nSPS) is 15.3. The molecule has 7 nitrogen and oxygen atoms in total. The van der Waals surface area contributed by atoms with Crippen LogP contribution in [0.4, 0.5) is 5.13 Å². The minimum Gasteiger partial charge on any atom is -0.494 e. The Balaban J connectivity index is 1.67. The van der Waals surface area contributed by atoms with Gasteiger partial charge in [0.05, 0.1) is 23.6 Å². The molecule has 1 unspecified atom stereocenters. The van der Waals surface area contributed by atoms with Crippen molar-refractivity contribution in [1.29, 1.82) is 0 Å². The van der Waals surface area contributed by atoms with Crippen LogP contribution in [-0.2, 0) is 0 Å². The fourth-order valence-corrected chi connectivity index (χ4v) is 4.78. The molecule has 8 heteroatoms. The smallest absolute Gasteiger partial charge is 0.297 e. The number of hydrogen-bond donors (Lipinski definition) is 0. The third-order valence-corrected chi connectivity index (χ3v) is 6.55. The van der Waals surface area contributed by atoms with Crippen molar-refractivity contribution in [3.63, 3.8) is 0 Å². The Kier molecular flexibility index (Phi) is 5.46. The predicted molar refractivity (Wildman–Crippen MR) is 127 cm³/mol. The number of carbonyl (C=O) groups is 1. The SMILES string of the molecule is CCCCOc1ccc(C2c3c(oc4ccc(C)cc4c3=O)C(=O)N2c2nnc(C)s2)cc1. The number of nitrogens with zero attached hydrogens (tertiary/aromatic N) is 3. The number of hydrogen-bond acceptors (Lipinski definition) is 7. The molecule has 0 radical (unpaired) electrons. The van der Waals surface area contributed by atoms with Crippen LogP contribution in [0.25, 0.3) is 11.0 Å². The summed E-state index contributed by atoms with van der Waals surface area (Å²) in [7, 11) is 0. The molecule has 1 aliphatic rings. The maximum atomic E-state index is 13.6. The summed E-state index contributed by atoms with van der Waals surface area (Å²) < 4.78 is 11.8. The van der Waals surface area contributed by atoms with Gasteiger partial charge in [0.1, 0.15) is 16.3 Å². The van der Waals surface area contributed by atoms with Crippen LogP contribution in [0, 0.1) is 13.8 Å². The van der Waals surface area contributed by atoms with E-state index in [1.54, 1.807) is 12.1 Å². The number of unbranched alkanes of at least 4 members (excludes halogenated alkanes) is 1. The number of anilines is 1. The topological polar surface area (TPSA) is 85.5 Å². The molecule has 0 aliphatic carbocycles. The van der Waals surface area contributed by atoms with Gasteiger partial charge in [0.25, 0.3) is 5.91 Å². The molecule has 168 valence electrons. The van der Waals surface area contributed by atoms with Gasteiger partial charge in [0.15, 0.2) is 5.43 Å². The average molecular weight is 462 g/mol. The van der Waals surface area contributed by atoms with Crippen molar-refractivity contribution >= 4 is 33.3 Å². The summed E-state index contributed by atoms with van der Waals surface area (Å²) in [5, 5.41) is 9.89. The van der Waals surface area contributed by atoms with Crippen LogP contribution < -0.4 is 15.1 Å². The Morgan fingerprint density at radius 2 is 1.88 bits per heavy atom. The number of aromatic nitrogens is 2. The second kappa shape index (κ2) is 8.44. The molecule has 0 saturated heterocycles. The molecular weight excluding hydrogens is 438 g/mol. The fourth-order valence-electron chi connectivity index (χ4n) is 4.06. The Labute approximate surface area is 194 Å². The van der Waals surface area contributed by atoms with Crippen molar-refractivity contribution < 1.29 is 13.9 Å². The van der Waals surface area contributed by atoms with Gasteiger partial charge in [-0.3, -0.25) is 14.5 Å². The van der Waals surface area contributed by atoms with Crippen LogP contribution in [0.5, 0.6) is 5.75 Å². The average Bonchev–Trinajstić information content (AvgIpc) is 3.36. The van der Waals surface area contributed by atoms with Crippen molar-refractivity contribution in [3.05, 3.63) is 80.1 Å². The quantitative estimate of drug-likeness (QED) is 0.367. The van der Waals surface area contributed by atoms with E-state index in [4.69, 9.17) is 9.15 Å². The molecule has 0 N–H and O–H groups in total. The molecule has 3 heterocycles. The lowest BCUT2D eigenvalue weighted by atomic mass is 9.98. The Morgan fingerprint density at radius 3 is 2.58 bits per heavy atom. The molecular formula is C25H23N3O4S. The molecule has 0 spiro atoms. The first-order valence-electron chi connectivity index (χ1n) is 10.9. The van der Waals surface area contributed by atoms with E-state index in [1.807, 2.05) is 44.2 Å². The van der Waals surface area contributed by atoms with Gasteiger partial charge >= 0.3 is 0 Å². The number of ether oxygens (including phenoxy) is 1. The Hall–Kier alpha value is -3.52. The number of rotatable bonds is 6. The van der Waals surface area contributed by atoms with Crippen molar-refractivity contribution in [2.24, 2.45) is 0 Å². The van der Waals surface area contributed by atoms with Crippen molar-refractivity contribution in [1.82, 2.24) is 10.2 Å². The van der Waals surface area contributed by atoms with Gasteiger partial charge in [0, 0.05) is 0 Å². The third-order valence-electron chi connectivity index (χ3n) is 5.71. The molecule has 33 heavy (non-hydrogen) atoms. The monoisotopic (exact) mass is 461 g/mol. The lowest BCUT2D eigenvalue weighted by Crippen LogP contribution is -2.29. The highest BCUT2D eigenvalue weighted by molar-refractivity contribution is 7.15. The molecule has 1 atom stereocenters. The van der Waals surface area contributed by atoms with E-state index in [1.165, 1.54) is 16.2 Å². The highest BCUT2D eigenvalue weighted by atomic mass is 32.1.